The lowest BCUT2D eigenvalue weighted by Gasteiger charge is -2.49. The molecule has 29 heavy (non-hydrogen) atoms. The highest BCUT2D eigenvalue weighted by molar-refractivity contribution is 14.1. The van der Waals surface area contributed by atoms with Gasteiger partial charge in [-0.25, -0.2) is 13.2 Å². The molecule has 0 aromatic heterocycles. The standard InChI is InChI=1S/C20H19F3IN3O2/c21-13-5-4-12(18(17(13)23)26-15-6-3-11(24)8-14(15)22)19(28)27-9-20(29,10-27)16-2-1-7-25-16/h3-6,8,16,25-26,29H,1-2,7,9-10H2. The predicted octanol–water partition coefficient (Wildman–Crippen LogP) is 3.39. The van der Waals surface area contributed by atoms with Crippen molar-refractivity contribution in [3.8, 4) is 0 Å². The van der Waals surface area contributed by atoms with Crippen LogP contribution in [0.15, 0.2) is 30.3 Å². The summed E-state index contributed by atoms with van der Waals surface area (Å²) >= 11 is 1.93. The summed E-state index contributed by atoms with van der Waals surface area (Å²) in [5, 5.41) is 16.4. The van der Waals surface area contributed by atoms with Crippen LogP contribution in [-0.4, -0.2) is 47.2 Å². The van der Waals surface area contributed by atoms with E-state index in [4.69, 9.17) is 0 Å². The van der Waals surface area contributed by atoms with E-state index in [1.165, 1.54) is 23.1 Å². The smallest absolute Gasteiger partial charge is 0.256 e. The van der Waals surface area contributed by atoms with E-state index < -0.39 is 34.6 Å². The van der Waals surface area contributed by atoms with Crippen LogP contribution >= 0.6 is 22.6 Å². The lowest BCUT2D eigenvalue weighted by Crippen LogP contribution is -2.70. The Morgan fingerprint density at radius 3 is 2.62 bits per heavy atom. The van der Waals surface area contributed by atoms with Crippen LogP contribution in [0.1, 0.15) is 23.2 Å². The molecule has 1 amide bonds. The molecule has 4 rings (SSSR count). The summed E-state index contributed by atoms with van der Waals surface area (Å²) < 4.78 is 43.2. The van der Waals surface area contributed by atoms with E-state index >= 15 is 0 Å². The molecule has 0 aliphatic carbocycles. The monoisotopic (exact) mass is 517 g/mol. The lowest BCUT2D eigenvalue weighted by molar-refractivity contribution is -0.100. The molecular formula is C20H19F3IN3O2. The predicted molar refractivity (Wildman–Crippen MR) is 111 cm³/mol. The Kier molecular flexibility index (Phi) is 5.47. The Morgan fingerprint density at radius 1 is 1.21 bits per heavy atom. The molecule has 0 spiro atoms. The molecule has 154 valence electrons. The molecule has 2 saturated heterocycles. The molecule has 0 saturated carbocycles. The molecule has 2 aliphatic heterocycles. The maximum Gasteiger partial charge on any atom is 0.256 e. The van der Waals surface area contributed by atoms with Gasteiger partial charge in [-0.3, -0.25) is 4.79 Å². The van der Waals surface area contributed by atoms with Crippen molar-refractivity contribution in [2.45, 2.75) is 24.5 Å². The largest absolute Gasteiger partial charge is 0.385 e. The summed E-state index contributed by atoms with van der Waals surface area (Å²) in [4.78, 5) is 14.3. The molecule has 0 radical (unpaired) electrons. The Bertz CT molecular complexity index is 960. The topological polar surface area (TPSA) is 64.6 Å². The van der Waals surface area contributed by atoms with Gasteiger partial charge in [0.05, 0.1) is 30.0 Å². The fraction of sp³-hybridized carbons (Fsp3) is 0.350. The number of benzene rings is 2. The summed E-state index contributed by atoms with van der Waals surface area (Å²) in [5.74, 6) is -3.61. The first-order valence-electron chi connectivity index (χ1n) is 9.23. The zero-order valence-electron chi connectivity index (χ0n) is 15.3. The van der Waals surface area contributed by atoms with Gasteiger partial charge >= 0.3 is 0 Å². The second-order valence-corrected chi connectivity index (χ2v) is 8.69. The molecule has 3 N–H and O–H groups in total. The quantitative estimate of drug-likeness (QED) is 0.545. The number of nitrogens with one attached hydrogen (secondary N) is 2. The summed E-state index contributed by atoms with van der Waals surface area (Å²) in [6, 6.07) is 6.18. The second kappa shape index (κ2) is 7.77. The number of hydrogen-bond donors (Lipinski definition) is 3. The number of amides is 1. The number of nitrogens with zero attached hydrogens (tertiary/aromatic N) is 1. The van der Waals surface area contributed by atoms with Gasteiger partial charge in [0, 0.05) is 9.61 Å². The van der Waals surface area contributed by atoms with Crippen molar-refractivity contribution in [1.82, 2.24) is 10.2 Å². The number of rotatable bonds is 4. The summed E-state index contributed by atoms with van der Waals surface area (Å²) in [6.45, 7) is 1.01. The highest BCUT2D eigenvalue weighted by Crippen LogP contribution is 2.34. The normalized spacial score (nSPS) is 20.4. The average molecular weight is 517 g/mol. The number of carbonyl (C=O) groups excluding carboxylic acids is 1. The molecular weight excluding hydrogens is 498 g/mol. The van der Waals surface area contributed by atoms with Gasteiger partial charge in [-0.15, -0.1) is 0 Å². The lowest BCUT2D eigenvalue weighted by atomic mass is 9.84. The van der Waals surface area contributed by atoms with Crippen LogP contribution in [-0.2, 0) is 0 Å². The molecule has 5 nitrogen and oxygen atoms in total. The van der Waals surface area contributed by atoms with Gasteiger partial charge in [0.1, 0.15) is 11.4 Å². The minimum atomic E-state index is -1.26. The van der Waals surface area contributed by atoms with Crippen molar-refractivity contribution in [3.05, 3.63) is 56.9 Å². The molecule has 9 heteroatoms. The van der Waals surface area contributed by atoms with Gasteiger partial charge < -0.3 is 20.6 Å². The van der Waals surface area contributed by atoms with Gasteiger partial charge in [-0.2, -0.15) is 0 Å². The van der Waals surface area contributed by atoms with E-state index in [1.54, 1.807) is 6.07 Å². The van der Waals surface area contributed by atoms with Crippen molar-refractivity contribution in [2.75, 3.05) is 25.0 Å². The van der Waals surface area contributed by atoms with E-state index in [1.807, 2.05) is 22.6 Å². The van der Waals surface area contributed by atoms with Crippen molar-refractivity contribution >= 4 is 39.9 Å². The first kappa shape index (κ1) is 20.4. The fourth-order valence-corrected chi connectivity index (χ4v) is 4.32. The number of hydrogen-bond acceptors (Lipinski definition) is 4. The molecule has 2 aromatic carbocycles. The van der Waals surface area contributed by atoms with Crippen LogP contribution in [0.25, 0.3) is 0 Å². The van der Waals surface area contributed by atoms with Gasteiger partial charge in [0.15, 0.2) is 11.6 Å². The first-order chi connectivity index (χ1) is 13.8. The van der Waals surface area contributed by atoms with E-state index in [0.717, 1.165) is 25.5 Å². The van der Waals surface area contributed by atoms with Crippen LogP contribution in [0.4, 0.5) is 24.5 Å². The fourth-order valence-electron chi connectivity index (χ4n) is 3.87. The van der Waals surface area contributed by atoms with Crippen LogP contribution < -0.4 is 10.6 Å². The molecule has 2 aromatic rings. The minimum absolute atomic E-state index is 0.0702. The zero-order chi connectivity index (χ0) is 20.8. The third-order valence-electron chi connectivity index (χ3n) is 5.44. The third-order valence-corrected chi connectivity index (χ3v) is 6.11. The highest BCUT2D eigenvalue weighted by atomic mass is 127. The highest BCUT2D eigenvalue weighted by Gasteiger charge is 2.50. The Balaban J connectivity index is 1.59. The SMILES string of the molecule is O=C(c1ccc(F)c(F)c1Nc1ccc(I)cc1F)N1CC(O)(C2CCCN2)C1. The molecule has 2 fully saturated rings. The summed E-state index contributed by atoms with van der Waals surface area (Å²) in [5.41, 5.74) is -1.65. The van der Waals surface area contributed by atoms with E-state index in [2.05, 4.69) is 10.6 Å². The Labute approximate surface area is 179 Å². The average Bonchev–Trinajstić information content (AvgIpc) is 3.19. The minimum Gasteiger partial charge on any atom is -0.385 e. The van der Waals surface area contributed by atoms with Crippen LogP contribution in [0.2, 0.25) is 0 Å². The number of β-amino-alcohol motifs (C(OH)–C–C–N with tert-alkyl or cyclic N) is 1. The van der Waals surface area contributed by atoms with Gasteiger partial charge in [0.2, 0.25) is 0 Å². The van der Waals surface area contributed by atoms with Crippen LogP contribution in [0.3, 0.4) is 0 Å². The number of likely N-dealkylation sites (tertiary alicyclic amines) is 1. The maximum absolute atomic E-state index is 14.5. The summed E-state index contributed by atoms with van der Waals surface area (Å²) in [7, 11) is 0. The number of halogens is 4. The Morgan fingerprint density at radius 2 is 1.97 bits per heavy atom. The van der Waals surface area contributed by atoms with Crippen molar-refractivity contribution < 1.29 is 23.1 Å². The van der Waals surface area contributed by atoms with Crippen molar-refractivity contribution in [3.63, 3.8) is 0 Å². The first-order valence-corrected chi connectivity index (χ1v) is 10.3. The molecule has 2 heterocycles. The number of anilines is 2. The van der Waals surface area contributed by atoms with Crippen molar-refractivity contribution in [1.29, 1.82) is 0 Å². The van der Waals surface area contributed by atoms with Gasteiger partial charge in [-0.05, 0) is 72.3 Å². The molecule has 1 atom stereocenters. The van der Waals surface area contributed by atoms with E-state index in [9.17, 15) is 23.1 Å². The molecule has 2 aliphatic rings. The van der Waals surface area contributed by atoms with E-state index in [0.29, 0.717) is 3.57 Å². The van der Waals surface area contributed by atoms with E-state index in [-0.39, 0.29) is 30.4 Å². The van der Waals surface area contributed by atoms with Crippen LogP contribution in [0, 0.1) is 21.0 Å². The number of aliphatic hydroxyl groups is 1. The zero-order valence-corrected chi connectivity index (χ0v) is 17.5. The van der Waals surface area contributed by atoms with Crippen LogP contribution in [0.5, 0.6) is 0 Å². The number of carbonyl (C=O) groups is 1. The maximum atomic E-state index is 14.5. The van der Waals surface area contributed by atoms with Gasteiger partial charge in [-0.1, -0.05) is 0 Å². The molecule has 0 bridgehead atoms. The summed E-state index contributed by atoms with van der Waals surface area (Å²) in [6.07, 6.45) is 1.78. The second-order valence-electron chi connectivity index (χ2n) is 7.45. The third kappa shape index (κ3) is 3.82. The van der Waals surface area contributed by atoms with Crippen molar-refractivity contribution in [2.24, 2.45) is 0 Å². The van der Waals surface area contributed by atoms with Gasteiger partial charge in [0.25, 0.3) is 5.91 Å². The molecule has 1 unspecified atom stereocenters. The Hall–Kier alpha value is -1.85.